The summed E-state index contributed by atoms with van der Waals surface area (Å²) in [7, 11) is -4.64. The molecule has 0 rings (SSSR count). The van der Waals surface area contributed by atoms with Crippen molar-refractivity contribution in [2.24, 2.45) is 0 Å². The van der Waals surface area contributed by atoms with Crippen molar-refractivity contribution in [1.29, 1.82) is 0 Å². The molecule has 0 bridgehead atoms. The molecular weight excluding hydrogens is 191 g/mol. The van der Waals surface area contributed by atoms with Gasteiger partial charge in [-0.25, -0.2) is 9.36 Å². The third-order valence-corrected chi connectivity index (χ3v) is 0.531. The largest absolute Gasteiger partial charge is 0.515 e. The Hall–Kier alpha value is -0.880. The maximum atomic E-state index is 9.70. The molecule has 0 saturated carbocycles. The van der Waals surface area contributed by atoms with Crippen molar-refractivity contribution in [3.63, 3.8) is 0 Å². The normalized spacial score (nSPS) is 11.5. The van der Waals surface area contributed by atoms with Crippen molar-refractivity contribution < 1.29 is 34.3 Å². The zero-order chi connectivity index (χ0) is 10.4. The maximum absolute atomic E-state index is 9.70. The topological polar surface area (TPSA) is 135 Å². The van der Waals surface area contributed by atoms with E-state index in [2.05, 4.69) is 0 Å². The molecule has 0 spiro atoms. The van der Waals surface area contributed by atoms with E-state index in [9.17, 15) is 4.79 Å². The Morgan fingerprint density at radius 1 is 1.33 bits per heavy atom. The third kappa shape index (κ3) is 22.9. The highest BCUT2D eigenvalue weighted by Gasteiger charge is 2.00. The lowest BCUT2D eigenvalue weighted by atomic mass is 10.4. The lowest BCUT2D eigenvalue weighted by Crippen LogP contribution is -1.94. The van der Waals surface area contributed by atoms with E-state index in [-0.39, 0.29) is 5.57 Å². The van der Waals surface area contributed by atoms with Crippen LogP contribution >= 0.6 is 7.82 Å². The van der Waals surface area contributed by atoms with Crippen LogP contribution in [-0.2, 0) is 9.36 Å². The number of carbonyl (C=O) groups is 1. The van der Waals surface area contributed by atoms with E-state index in [0.29, 0.717) is 6.26 Å². The summed E-state index contributed by atoms with van der Waals surface area (Å²) in [5.74, 6) is -1.09. The molecule has 5 N–H and O–H groups in total. The second-order valence-corrected chi connectivity index (χ2v) is 2.66. The van der Waals surface area contributed by atoms with Gasteiger partial charge >= 0.3 is 13.8 Å². The van der Waals surface area contributed by atoms with Crippen molar-refractivity contribution in [3.05, 3.63) is 11.8 Å². The second kappa shape index (κ2) is 5.73. The Bertz CT molecular complexity index is 205. The Labute approximate surface area is 67.8 Å². The molecular formula is C4H9O7P. The lowest BCUT2D eigenvalue weighted by molar-refractivity contribution is -0.132. The van der Waals surface area contributed by atoms with Crippen molar-refractivity contribution >= 4 is 13.8 Å². The highest BCUT2D eigenvalue weighted by Crippen LogP contribution is 2.25. The van der Waals surface area contributed by atoms with Gasteiger partial charge < -0.3 is 24.9 Å². The number of carboxylic acid groups (broad SMARTS) is 1. The van der Waals surface area contributed by atoms with Gasteiger partial charge in [0.1, 0.15) is 0 Å². The number of aliphatic hydroxyl groups excluding tert-OH is 1. The minimum absolute atomic E-state index is 0.0556. The molecule has 0 aromatic heterocycles. The van der Waals surface area contributed by atoms with Gasteiger partial charge in [-0.15, -0.1) is 0 Å². The van der Waals surface area contributed by atoms with Crippen LogP contribution in [0.4, 0.5) is 0 Å². The molecule has 0 heterocycles. The highest BCUT2D eigenvalue weighted by molar-refractivity contribution is 7.45. The Kier molecular flexibility index (Phi) is 6.54. The average Bonchev–Trinajstić information content (AvgIpc) is 1.82. The van der Waals surface area contributed by atoms with Crippen LogP contribution in [-0.4, -0.2) is 30.9 Å². The summed E-state index contributed by atoms with van der Waals surface area (Å²) in [6.45, 7) is 1.31. The minimum Gasteiger partial charge on any atom is -0.515 e. The molecule has 0 aromatic rings. The Morgan fingerprint density at radius 3 is 1.58 bits per heavy atom. The number of hydrogen-bond acceptors (Lipinski definition) is 3. The zero-order valence-corrected chi connectivity index (χ0v) is 6.97. The quantitative estimate of drug-likeness (QED) is 0.221. The molecule has 0 atom stereocenters. The number of phosphoric acid groups is 1. The summed E-state index contributed by atoms with van der Waals surface area (Å²) in [4.78, 5) is 31.3. The van der Waals surface area contributed by atoms with E-state index in [1.54, 1.807) is 0 Å². The molecule has 0 aliphatic carbocycles. The van der Waals surface area contributed by atoms with Crippen molar-refractivity contribution in [2.75, 3.05) is 0 Å². The average molecular weight is 200 g/mol. The molecule has 0 aliphatic heterocycles. The first-order valence-electron chi connectivity index (χ1n) is 2.51. The first-order valence-corrected chi connectivity index (χ1v) is 4.07. The van der Waals surface area contributed by atoms with Gasteiger partial charge in [0.25, 0.3) is 0 Å². The number of carboxylic acids is 1. The van der Waals surface area contributed by atoms with Crippen LogP contribution in [0.3, 0.4) is 0 Å². The Morgan fingerprint density at radius 2 is 1.58 bits per heavy atom. The molecule has 72 valence electrons. The van der Waals surface area contributed by atoms with Gasteiger partial charge in [0.2, 0.25) is 0 Å². The van der Waals surface area contributed by atoms with Crippen LogP contribution in [0.1, 0.15) is 6.92 Å². The van der Waals surface area contributed by atoms with Gasteiger partial charge in [-0.05, 0) is 6.92 Å². The summed E-state index contributed by atoms with van der Waals surface area (Å²) < 4.78 is 8.88. The molecule has 0 saturated heterocycles. The highest BCUT2D eigenvalue weighted by atomic mass is 31.2. The van der Waals surface area contributed by atoms with Crippen LogP contribution < -0.4 is 0 Å². The van der Waals surface area contributed by atoms with E-state index in [1.807, 2.05) is 0 Å². The molecule has 7 nitrogen and oxygen atoms in total. The van der Waals surface area contributed by atoms with Gasteiger partial charge in [-0.1, -0.05) is 0 Å². The van der Waals surface area contributed by atoms with Crippen molar-refractivity contribution in [3.8, 4) is 0 Å². The Balaban J connectivity index is 0. The minimum atomic E-state index is -4.64. The molecule has 0 aromatic carbocycles. The van der Waals surface area contributed by atoms with Gasteiger partial charge in [-0.3, -0.25) is 0 Å². The summed E-state index contributed by atoms with van der Waals surface area (Å²) in [6, 6.07) is 0. The predicted molar refractivity (Wildman–Crippen MR) is 38.3 cm³/mol. The fourth-order valence-electron chi connectivity index (χ4n) is 0.0552. The standard InChI is InChI=1S/C4H6O3.H3O4P/c1-3(2-5)4(6)7;1-5(2,3)4/h2,5H,1H3,(H,6,7);(H3,1,2,3,4). The SMILES string of the molecule is CC(=CO)C(=O)O.O=P(O)(O)O. The molecule has 0 fully saturated rings. The predicted octanol–water partition coefficient (Wildman–Crippen LogP) is -0.396. The number of aliphatic carboxylic acids is 1. The molecule has 0 aliphatic rings. The summed E-state index contributed by atoms with van der Waals surface area (Å²) in [6.07, 6.45) is 0.558. The number of aliphatic hydroxyl groups is 1. The zero-order valence-electron chi connectivity index (χ0n) is 6.08. The van der Waals surface area contributed by atoms with Crippen LogP contribution in [0.25, 0.3) is 0 Å². The van der Waals surface area contributed by atoms with Crippen LogP contribution in [0.2, 0.25) is 0 Å². The van der Waals surface area contributed by atoms with Gasteiger partial charge in [0.05, 0.1) is 11.8 Å². The first-order chi connectivity index (χ1) is 5.18. The molecule has 12 heavy (non-hydrogen) atoms. The number of hydrogen-bond donors (Lipinski definition) is 5. The fraction of sp³-hybridized carbons (Fsp3) is 0.250. The van der Waals surface area contributed by atoms with Crippen LogP contribution in [0, 0.1) is 0 Å². The monoisotopic (exact) mass is 200 g/mol. The van der Waals surface area contributed by atoms with Crippen molar-refractivity contribution in [2.45, 2.75) is 6.92 Å². The summed E-state index contributed by atoms with van der Waals surface area (Å²) in [5.41, 5.74) is -0.0556. The fourth-order valence-corrected chi connectivity index (χ4v) is 0.0552. The van der Waals surface area contributed by atoms with E-state index in [0.717, 1.165) is 0 Å². The van der Waals surface area contributed by atoms with E-state index < -0.39 is 13.8 Å². The van der Waals surface area contributed by atoms with Gasteiger partial charge in [0.15, 0.2) is 0 Å². The maximum Gasteiger partial charge on any atom is 0.466 e. The first kappa shape index (κ1) is 13.7. The molecule has 0 unspecified atom stereocenters. The van der Waals surface area contributed by atoms with Crippen LogP contribution in [0.15, 0.2) is 11.8 Å². The second-order valence-electron chi connectivity index (χ2n) is 1.63. The summed E-state index contributed by atoms with van der Waals surface area (Å²) >= 11 is 0. The van der Waals surface area contributed by atoms with Crippen LogP contribution in [0.5, 0.6) is 0 Å². The van der Waals surface area contributed by atoms with E-state index in [1.165, 1.54) is 6.92 Å². The smallest absolute Gasteiger partial charge is 0.466 e. The summed E-state index contributed by atoms with van der Waals surface area (Å²) in [5, 5.41) is 15.9. The molecule has 0 radical (unpaired) electrons. The van der Waals surface area contributed by atoms with Gasteiger partial charge in [-0.2, -0.15) is 0 Å². The molecule has 8 heteroatoms. The van der Waals surface area contributed by atoms with Gasteiger partial charge in [0, 0.05) is 0 Å². The number of rotatable bonds is 1. The van der Waals surface area contributed by atoms with E-state index >= 15 is 0 Å². The van der Waals surface area contributed by atoms with Crippen molar-refractivity contribution in [1.82, 2.24) is 0 Å². The third-order valence-electron chi connectivity index (χ3n) is 0.531. The molecule has 0 amide bonds. The lowest BCUT2D eigenvalue weighted by Gasteiger charge is -1.83. The van der Waals surface area contributed by atoms with E-state index in [4.69, 9.17) is 29.5 Å².